The fraction of sp³-hybridized carbons (Fsp3) is 0.800. The zero-order valence-corrected chi connectivity index (χ0v) is 12.9. The summed E-state index contributed by atoms with van der Waals surface area (Å²) in [6.45, 7) is 10.2. The number of aryl methyl sites for hydroxylation is 1. The van der Waals surface area contributed by atoms with Crippen molar-refractivity contribution in [2.45, 2.75) is 64.8 Å². The number of nitrogens with zero attached hydrogens (tertiary/aromatic N) is 1. The third-order valence-electron chi connectivity index (χ3n) is 3.79. The number of nitrogens with one attached hydrogen (secondary N) is 1. The molecule has 0 aromatic carbocycles. The monoisotopic (exact) mass is 266 g/mol. The maximum Gasteiger partial charge on any atom is 0.0929 e. The van der Waals surface area contributed by atoms with E-state index in [1.807, 2.05) is 11.3 Å². The summed E-state index contributed by atoms with van der Waals surface area (Å²) in [5.41, 5.74) is 1.43. The molecule has 2 unspecified atom stereocenters. The van der Waals surface area contributed by atoms with Gasteiger partial charge in [0.25, 0.3) is 0 Å². The van der Waals surface area contributed by atoms with E-state index < -0.39 is 0 Å². The molecule has 0 amide bonds. The van der Waals surface area contributed by atoms with Gasteiger partial charge >= 0.3 is 0 Å². The van der Waals surface area contributed by atoms with Crippen molar-refractivity contribution in [1.82, 2.24) is 10.3 Å². The molecule has 0 aliphatic carbocycles. The molecule has 1 aromatic heterocycles. The highest BCUT2D eigenvalue weighted by Gasteiger charge is 2.19. The molecule has 2 heterocycles. The Hall–Kier alpha value is -0.410. The summed E-state index contributed by atoms with van der Waals surface area (Å²) in [4.78, 5) is 4.77. The van der Waals surface area contributed by atoms with E-state index in [-0.39, 0.29) is 5.41 Å². The lowest BCUT2D eigenvalue weighted by molar-refractivity contribution is 0.316. The molecular formula is C15H26N2S. The molecular weight excluding hydrogens is 240 g/mol. The lowest BCUT2D eigenvalue weighted by Gasteiger charge is -2.27. The summed E-state index contributed by atoms with van der Waals surface area (Å²) in [6.07, 6.45) is 5.08. The summed E-state index contributed by atoms with van der Waals surface area (Å²) in [5.74, 6) is 0.855. The number of piperidine rings is 1. The van der Waals surface area contributed by atoms with Gasteiger partial charge in [-0.05, 0) is 31.7 Å². The molecule has 102 valence electrons. The molecule has 0 spiro atoms. The van der Waals surface area contributed by atoms with E-state index in [1.165, 1.54) is 36.5 Å². The molecule has 2 atom stereocenters. The SMILES string of the molecule is CC1CCC(CCc2nc(C(C)(C)C)cs2)NC1. The molecule has 0 saturated carbocycles. The number of aromatic nitrogens is 1. The molecule has 18 heavy (non-hydrogen) atoms. The average Bonchev–Trinajstić information content (AvgIpc) is 2.77. The zero-order chi connectivity index (χ0) is 13.2. The van der Waals surface area contributed by atoms with Crippen LogP contribution in [0.15, 0.2) is 5.38 Å². The summed E-state index contributed by atoms with van der Waals surface area (Å²) in [6, 6.07) is 0.711. The standard InChI is InChI=1S/C15H26N2S/c1-11-5-6-12(16-9-11)7-8-14-17-13(10-18-14)15(2,3)4/h10-12,16H,5-9H2,1-4H3. The Morgan fingerprint density at radius 2 is 2.17 bits per heavy atom. The van der Waals surface area contributed by atoms with Gasteiger partial charge in [0.1, 0.15) is 0 Å². The van der Waals surface area contributed by atoms with Crippen molar-refractivity contribution in [2.24, 2.45) is 5.92 Å². The van der Waals surface area contributed by atoms with Gasteiger partial charge in [-0.3, -0.25) is 0 Å². The molecule has 1 aliphatic heterocycles. The third-order valence-corrected chi connectivity index (χ3v) is 4.70. The van der Waals surface area contributed by atoms with E-state index in [1.54, 1.807) is 0 Å². The first-order valence-corrected chi connectivity index (χ1v) is 8.01. The van der Waals surface area contributed by atoms with Crippen molar-refractivity contribution in [3.05, 3.63) is 16.1 Å². The van der Waals surface area contributed by atoms with Crippen molar-refractivity contribution < 1.29 is 0 Å². The summed E-state index contributed by atoms with van der Waals surface area (Å²) in [7, 11) is 0. The number of hydrogen-bond donors (Lipinski definition) is 1. The molecule has 1 fully saturated rings. The highest BCUT2D eigenvalue weighted by atomic mass is 32.1. The van der Waals surface area contributed by atoms with Crippen LogP contribution in [0.5, 0.6) is 0 Å². The largest absolute Gasteiger partial charge is 0.314 e. The van der Waals surface area contributed by atoms with Crippen LogP contribution in [-0.4, -0.2) is 17.6 Å². The Kier molecular flexibility index (Phi) is 4.44. The zero-order valence-electron chi connectivity index (χ0n) is 12.1. The highest BCUT2D eigenvalue weighted by molar-refractivity contribution is 7.09. The maximum absolute atomic E-state index is 4.77. The minimum Gasteiger partial charge on any atom is -0.314 e. The Bertz CT molecular complexity index is 370. The minimum atomic E-state index is 0.188. The van der Waals surface area contributed by atoms with Crippen molar-refractivity contribution in [1.29, 1.82) is 0 Å². The van der Waals surface area contributed by atoms with Crippen molar-refractivity contribution >= 4 is 11.3 Å². The van der Waals surface area contributed by atoms with Crippen LogP contribution in [0.4, 0.5) is 0 Å². The predicted molar refractivity (Wildman–Crippen MR) is 79.3 cm³/mol. The van der Waals surface area contributed by atoms with E-state index in [0.29, 0.717) is 6.04 Å². The first kappa shape index (κ1) is 14.0. The number of rotatable bonds is 3. The van der Waals surface area contributed by atoms with Gasteiger partial charge < -0.3 is 5.32 Å². The topological polar surface area (TPSA) is 24.9 Å². The van der Waals surface area contributed by atoms with Gasteiger partial charge in [0, 0.05) is 23.3 Å². The first-order valence-electron chi connectivity index (χ1n) is 7.13. The highest BCUT2D eigenvalue weighted by Crippen LogP contribution is 2.25. The fourth-order valence-electron chi connectivity index (χ4n) is 2.37. The van der Waals surface area contributed by atoms with Crippen LogP contribution in [0.1, 0.15) is 57.7 Å². The number of thiazole rings is 1. The van der Waals surface area contributed by atoms with Gasteiger partial charge in [0.05, 0.1) is 10.7 Å². The van der Waals surface area contributed by atoms with E-state index in [4.69, 9.17) is 4.98 Å². The van der Waals surface area contributed by atoms with Crippen LogP contribution in [0.3, 0.4) is 0 Å². The van der Waals surface area contributed by atoms with Crippen molar-refractivity contribution in [3.8, 4) is 0 Å². The van der Waals surface area contributed by atoms with Gasteiger partial charge in [0.2, 0.25) is 0 Å². The van der Waals surface area contributed by atoms with E-state index in [9.17, 15) is 0 Å². The molecule has 3 heteroatoms. The Labute approximate surface area is 115 Å². The summed E-state index contributed by atoms with van der Waals surface area (Å²) < 4.78 is 0. The third kappa shape index (κ3) is 3.79. The lowest BCUT2D eigenvalue weighted by Crippen LogP contribution is -2.38. The Balaban J connectivity index is 1.82. The quantitative estimate of drug-likeness (QED) is 0.901. The second-order valence-corrected chi connectivity index (χ2v) is 7.65. The van der Waals surface area contributed by atoms with Crippen LogP contribution in [0.25, 0.3) is 0 Å². The summed E-state index contributed by atoms with van der Waals surface area (Å²) in [5, 5.41) is 7.19. The van der Waals surface area contributed by atoms with Crippen LogP contribution in [0.2, 0.25) is 0 Å². The minimum absolute atomic E-state index is 0.188. The molecule has 2 nitrogen and oxygen atoms in total. The smallest absolute Gasteiger partial charge is 0.0929 e. The van der Waals surface area contributed by atoms with E-state index in [0.717, 1.165) is 12.3 Å². The fourth-order valence-corrected chi connectivity index (χ4v) is 3.41. The molecule has 1 saturated heterocycles. The van der Waals surface area contributed by atoms with Crippen LogP contribution in [-0.2, 0) is 11.8 Å². The maximum atomic E-state index is 4.77. The Morgan fingerprint density at radius 1 is 1.39 bits per heavy atom. The van der Waals surface area contributed by atoms with Gasteiger partial charge in [-0.25, -0.2) is 4.98 Å². The summed E-state index contributed by atoms with van der Waals surface area (Å²) >= 11 is 1.83. The van der Waals surface area contributed by atoms with Crippen molar-refractivity contribution in [3.63, 3.8) is 0 Å². The molecule has 1 aromatic rings. The molecule has 0 radical (unpaired) electrons. The Morgan fingerprint density at radius 3 is 2.72 bits per heavy atom. The van der Waals surface area contributed by atoms with Crippen molar-refractivity contribution in [2.75, 3.05) is 6.54 Å². The number of hydrogen-bond acceptors (Lipinski definition) is 3. The molecule has 1 aliphatic rings. The molecule has 1 N–H and O–H groups in total. The second kappa shape index (κ2) is 5.70. The van der Waals surface area contributed by atoms with Crippen LogP contribution < -0.4 is 5.32 Å². The van der Waals surface area contributed by atoms with Gasteiger partial charge in [-0.15, -0.1) is 11.3 Å². The van der Waals surface area contributed by atoms with Gasteiger partial charge in [0.15, 0.2) is 0 Å². The van der Waals surface area contributed by atoms with Gasteiger partial charge in [-0.1, -0.05) is 27.7 Å². The molecule has 2 rings (SSSR count). The van der Waals surface area contributed by atoms with Crippen LogP contribution >= 0.6 is 11.3 Å². The van der Waals surface area contributed by atoms with Gasteiger partial charge in [-0.2, -0.15) is 0 Å². The first-order chi connectivity index (χ1) is 8.45. The average molecular weight is 266 g/mol. The predicted octanol–water partition coefficient (Wildman–Crippen LogP) is 3.76. The van der Waals surface area contributed by atoms with E-state index in [2.05, 4.69) is 38.4 Å². The van der Waals surface area contributed by atoms with Crippen LogP contribution in [0, 0.1) is 5.92 Å². The lowest BCUT2D eigenvalue weighted by atomic mass is 9.93. The molecule has 0 bridgehead atoms. The normalized spacial score (nSPS) is 25.3. The van der Waals surface area contributed by atoms with E-state index >= 15 is 0 Å². The second-order valence-electron chi connectivity index (χ2n) is 6.70.